The lowest BCUT2D eigenvalue weighted by Gasteiger charge is -2.37. The number of nitrogens with zero attached hydrogens (tertiary/aromatic N) is 2. The molecule has 1 saturated heterocycles. The SMILES string of the molecule is CC(C)(C)OC(=O)NC1CCN(c2ccc(F)c3ccc(CO)nc23)CC1F. The number of ether oxygens (including phenoxy) is 1. The van der Waals surface area contributed by atoms with Crippen LogP contribution in [0.4, 0.5) is 19.3 Å². The Kier molecular flexibility index (Phi) is 5.69. The quantitative estimate of drug-likeness (QED) is 0.837. The molecular weight excluding hydrogens is 368 g/mol. The van der Waals surface area contributed by atoms with E-state index < -0.39 is 29.7 Å². The number of hydrogen-bond donors (Lipinski definition) is 2. The Hall–Kier alpha value is -2.48. The molecule has 0 aliphatic carbocycles. The number of carbonyl (C=O) groups excluding carboxylic acids is 1. The largest absolute Gasteiger partial charge is 0.444 e. The summed E-state index contributed by atoms with van der Waals surface area (Å²) in [6.45, 7) is 5.47. The predicted octanol–water partition coefficient (Wildman–Crippen LogP) is 3.31. The molecular formula is C20H25F2N3O3. The monoisotopic (exact) mass is 393 g/mol. The first-order chi connectivity index (χ1) is 13.2. The molecule has 1 aromatic carbocycles. The van der Waals surface area contributed by atoms with Crippen molar-refractivity contribution in [2.75, 3.05) is 18.0 Å². The molecule has 2 aromatic rings. The van der Waals surface area contributed by atoms with E-state index in [1.165, 1.54) is 6.07 Å². The Balaban J connectivity index is 1.77. The number of hydrogen-bond acceptors (Lipinski definition) is 5. The lowest BCUT2D eigenvalue weighted by Crippen LogP contribution is -2.53. The zero-order chi connectivity index (χ0) is 20.5. The molecule has 2 heterocycles. The molecule has 2 N–H and O–H groups in total. The number of carbonyl (C=O) groups is 1. The van der Waals surface area contributed by atoms with Crippen LogP contribution >= 0.6 is 0 Å². The first-order valence-electron chi connectivity index (χ1n) is 9.25. The number of pyridine rings is 1. The Bertz CT molecular complexity index is 870. The summed E-state index contributed by atoms with van der Waals surface area (Å²) in [7, 11) is 0. The van der Waals surface area contributed by atoms with Gasteiger partial charge in [0.15, 0.2) is 0 Å². The minimum atomic E-state index is -1.32. The van der Waals surface area contributed by atoms with Gasteiger partial charge in [0.25, 0.3) is 0 Å². The summed E-state index contributed by atoms with van der Waals surface area (Å²) in [6, 6.07) is 5.37. The van der Waals surface area contributed by atoms with Crippen molar-refractivity contribution in [3.8, 4) is 0 Å². The number of piperidine rings is 1. The van der Waals surface area contributed by atoms with Gasteiger partial charge in [-0.2, -0.15) is 0 Å². The van der Waals surface area contributed by atoms with Crippen LogP contribution < -0.4 is 10.2 Å². The first kappa shape index (κ1) is 20.3. The van der Waals surface area contributed by atoms with E-state index in [0.717, 1.165) is 0 Å². The van der Waals surface area contributed by atoms with Gasteiger partial charge in [-0.05, 0) is 51.5 Å². The van der Waals surface area contributed by atoms with Gasteiger partial charge >= 0.3 is 6.09 Å². The van der Waals surface area contributed by atoms with Crippen molar-refractivity contribution in [3.63, 3.8) is 0 Å². The molecule has 152 valence electrons. The van der Waals surface area contributed by atoms with Gasteiger partial charge in [0.2, 0.25) is 0 Å². The number of aliphatic hydroxyl groups is 1. The van der Waals surface area contributed by atoms with Crippen molar-refractivity contribution in [2.24, 2.45) is 0 Å². The minimum absolute atomic E-state index is 0.0340. The van der Waals surface area contributed by atoms with Crippen molar-refractivity contribution in [1.29, 1.82) is 0 Å². The number of aliphatic hydroxyl groups excluding tert-OH is 1. The van der Waals surface area contributed by atoms with Gasteiger partial charge in [0.05, 0.1) is 36.1 Å². The van der Waals surface area contributed by atoms with E-state index in [4.69, 9.17) is 4.74 Å². The van der Waals surface area contributed by atoms with E-state index >= 15 is 0 Å². The number of alkyl carbamates (subject to hydrolysis) is 1. The maximum atomic E-state index is 14.8. The summed E-state index contributed by atoms with van der Waals surface area (Å²) in [5.74, 6) is -0.422. The van der Waals surface area contributed by atoms with Gasteiger partial charge in [-0.25, -0.2) is 18.6 Å². The van der Waals surface area contributed by atoms with Crippen molar-refractivity contribution in [2.45, 2.75) is 51.6 Å². The van der Waals surface area contributed by atoms with Crippen LogP contribution in [0.2, 0.25) is 0 Å². The highest BCUT2D eigenvalue weighted by molar-refractivity contribution is 5.91. The highest BCUT2D eigenvalue weighted by atomic mass is 19.1. The van der Waals surface area contributed by atoms with E-state index in [2.05, 4.69) is 10.3 Å². The molecule has 2 unspecified atom stereocenters. The highest BCUT2D eigenvalue weighted by Crippen LogP contribution is 2.30. The zero-order valence-electron chi connectivity index (χ0n) is 16.2. The molecule has 1 aliphatic rings. The lowest BCUT2D eigenvalue weighted by molar-refractivity contribution is 0.0463. The number of amides is 1. The maximum absolute atomic E-state index is 14.8. The number of halogens is 2. The summed E-state index contributed by atoms with van der Waals surface area (Å²) < 4.78 is 34.1. The van der Waals surface area contributed by atoms with Crippen LogP contribution in [0.3, 0.4) is 0 Å². The summed E-state index contributed by atoms with van der Waals surface area (Å²) >= 11 is 0. The summed E-state index contributed by atoms with van der Waals surface area (Å²) in [4.78, 5) is 18.0. The number of fused-ring (bicyclic) bond motifs is 1. The van der Waals surface area contributed by atoms with E-state index in [0.29, 0.717) is 35.2 Å². The van der Waals surface area contributed by atoms with Crippen LogP contribution in [-0.4, -0.2) is 47.1 Å². The van der Waals surface area contributed by atoms with Crippen molar-refractivity contribution in [3.05, 3.63) is 35.8 Å². The molecule has 1 aliphatic heterocycles. The van der Waals surface area contributed by atoms with Crippen molar-refractivity contribution < 1.29 is 23.4 Å². The third kappa shape index (κ3) is 4.49. The third-order valence-electron chi connectivity index (χ3n) is 4.59. The minimum Gasteiger partial charge on any atom is -0.444 e. The van der Waals surface area contributed by atoms with E-state index in [-0.39, 0.29) is 13.2 Å². The average molecular weight is 393 g/mol. The van der Waals surface area contributed by atoms with Gasteiger partial charge in [0, 0.05) is 11.9 Å². The van der Waals surface area contributed by atoms with Gasteiger partial charge in [-0.15, -0.1) is 0 Å². The molecule has 28 heavy (non-hydrogen) atoms. The fourth-order valence-electron chi connectivity index (χ4n) is 3.30. The third-order valence-corrected chi connectivity index (χ3v) is 4.59. The molecule has 1 amide bonds. The van der Waals surface area contributed by atoms with Gasteiger partial charge < -0.3 is 20.1 Å². The van der Waals surface area contributed by atoms with Crippen molar-refractivity contribution in [1.82, 2.24) is 10.3 Å². The molecule has 0 saturated carbocycles. The summed E-state index contributed by atoms with van der Waals surface area (Å²) in [5, 5.41) is 12.2. The molecule has 1 aromatic heterocycles. The Morgan fingerprint density at radius 1 is 1.36 bits per heavy atom. The Morgan fingerprint density at radius 3 is 2.75 bits per heavy atom. The Morgan fingerprint density at radius 2 is 2.11 bits per heavy atom. The number of benzene rings is 1. The molecule has 2 atom stereocenters. The van der Waals surface area contributed by atoms with Gasteiger partial charge in [0.1, 0.15) is 17.6 Å². The molecule has 8 heteroatoms. The fraction of sp³-hybridized carbons (Fsp3) is 0.500. The number of aromatic nitrogens is 1. The summed E-state index contributed by atoms with van der Waals surface area (Å²) in [6.07, 6.45) is -1.59. The van der Waals surface area contributed by atoms with Gasteiger partial charge in [-0.3, -0.25) is 0 Å². The molecule has 1 fully saturated rings. The van der Waals surface area contributed by atoms with Crippen LogP contribution in [0.25, 0.3) is 10.9 Å². The molecule has 3 rings (SSSR count). The standard InChI is InChI=1S/C20H25F2N3O3/c1-20(2,3)28-19(27)24-16-8-9-25(10-15(16)22)17-7-6-14(21)13-5-4-12(11-26)23-18(13)17/h4-7,15-16,26H,8-11H2,1-3H3,(H,24,27). The molecule has 0 radical (unpaired) electrons. The molecule has 0 spiro atoms. The lowest BCUT2D eigenvalue weighted by atomic mass is 10.0. The number of nitrogens with one attached hydrogen (secondary N) is 1. The average Bonchev–Trinajstić information content (AvgIpc) is 2.62. The second-order valence-corrected chi connectivity index (χ2v) is 7.93. The predicted molar refractivity (Wildman–Crippen MR) is 103 cm³/mol. The van der Waals surface area contributed by atoms with Crippen LogP contribution in [0.15, 0.2) is 24.3 Å². The van der Waals surface area contributed by atoms with E-state index in [9.17, 15) is 18.7 Å². The normalized spacial score (nSPS) is 20.3. The van der Waals surface area contributed by atoms with E-state index in [1.807, 2.05) is 0 Å². The first-order valence-corrected chi connectivity index (χ1v) is 9.25. The zero-order valence-corrected chi connectivity index (χ0v) is 16.2. The number of alkyl halides is 1. The fourth-order valence-corrected chi connectivity index (χ4v) is 3.30. The second kappa shape index (κ2) is 7.87. The van der Waals surface area contributed by atoms with Gasteiger partial charge in [-0.1, -0.05) is 0 Å². The summed E-state index contributed by atoms with van der Waals surface area (Å²) in [5.41, 5.74) is 0.750. The van der Waals surface area contributed by atoms with Crippen LogP contribution in [-0.2, 0) is 11.3 Å². The van der Waals surface area contributed by atoms with Crippen LogP contribution in [0, 0.1) is 5.82 Å². The maximum Gasteiger partial charge on any atom is 0.407 e. The number of rotatable bonds is 3. The smallest absolute Gasteiger partial charge is 0.407 e. The Labute approximate surface area is 162 Å². The highest BCUT2D eigenvalue weighted by Gasteiger charge is 2.32. The number of anilines is 1. The molecule has 6 nitrogen and oxygen atoms in total. The van der Waals surface area contributed by atoms with Crippen molar-refractivity contribution >= 4 is 22.7 Å². The van der Waals surface area contributed by atoms with E-state index in [1.54, 1.807) is 43.9 Å². The van der Waals surface area contributed by atoms with Crippen LogP contribution in [0.5, 0.6) is 0 Å². The topological polar surface area (TPSA) is 74.7 Å². The van der Waals surface area contributed by atoms with Crippen LogP contribution in [0.1, 0.15) is 32.9 Å². The molecule has 0 bridgehead atoms. The second-order valence-electron chi connectivity index (χ2n) is 7.93.